The molecule has 0 unspecified atom stereocenters. The van der Waals surface area contributed by atoms with Crippen LogP contribution in [0.25, 0.3) is 0 Å². The summed E-state index contributed by atoms with van der Waals surface area (Å²) in [5.74, 6) is 0.485. The van der Waals surface area contributed by atoms with Gasteiger partial charge in [-0.15, -0.1) is 0 Å². The van der Waals surface area contributed by atoms with Crippen molar-refractivity contribution in [2.24, 2.45) is 5.92 Å². The molecule has 2 aliphatic heterocycles. The number of aliphatic hydroxyl groups is 2. The molecular weight excluding hydrogens is 456 g/mol. The maximum atomic E-state index is 13.7. The summed E-state index contributed by atoms with van der Waals surface area (Å²) in [6.45, 7) is 2.22. The molecule has 8 nitrogen and oxygen atoms in total. The lowest BCUT2D eigenvalue weighted by molar-refractivity contribution is -0.130. The van der Waals surface area contributed by atoms with Crippen molar-refractivity contribution < 1.29 is 19.8 Å². The number of rotatable bonds is 7. The van der Waals surface area contributed by atoms with Gasteiger partial charge in [-0.1, -0.05) is 36.8 Å². The molecule has 5 rings (SSSR count). The summed E-state index contributed by atoms with van der Waals surface area (Å²) < 4.78 is 0. The molecule has 2 heterocycles. The average molecular weight is 499 g/mol. The first-order valence-corrected chi connectivity index (χ1v) is 13.7. The summed E-state index contributed by atoms with van der Waals surface area (Å²) >= 11 is 0. The van der Waals surface area contributed by atoms with E-state index in [1.165, 1.54) is 29.7 Å². The van der Waals surface area contributed by atoms with Gasteiger partial charge >= 0.3 is 6.03 Å². The van der Waals surface area contributed by atoms with Crippen LogP contribution >= 0.6 is 0 Å². The van der Waals surface area contributed by atoms with E-state index in [9.17, 15) is 19.8 Å². The predicted molar refractivity (Wildman–Crippen MR) is 137 cm³/mol. The molecular formula is C28H42N4O4. The summed E-state index contributed by atoms with van der Waals surface area (Å²) in [7, 11) is 4.34. The zero-order valence-electron chi connectivity index (χ0n) is 21.8. The fourth-order valence-corrected chi connectivity index (χ4v) is 6.92. The molecule has 2 saturated heterocycles. The highest BCUT2D eigenvalue weighted by molar-refractivity contribution is 5.80. The highest BCUT2D eigenvalue weighted by atomic mass is 16.3. The summed E-state index contributed by atoms with van der Waals surface area (Å²) in [6, 6.07) is 10.8. The predicted octanol–water partition coefficient (Wildman–Crippen LogP) is 2.25. The van der Waals surface area contributed by atoms with E-state index in [1.807, 2.05) is 4.90 Å². The van der Waals surface area contributed by atoms with Crippen molar-refractivity contribution in [1.82, 2.24) is 19.6 Å². The number of hydrogen-bond donors (Lipinski definition) is 2. The number of aliphatic hydroxyl groups excluding tert-OH is 2. The minimum atomic E-state index is -0.882. The number of benzene rings is 1. The Morgan fingerprint density at radius 2 is 1.67 bits per heavy atom. The van der Waals surface area contributed by atoms with E-state index < -0.39 is 12.2 Å². The van der Waals surface area contributed by atoms with Gasteiger partial charge in [0.25, 0.3) is 0 Å². The van der Waals surface area contributed by atoms with Crippen molar-refractivity contribution in [2.75, 3.05) is 46.8 Å². The first-order chi connectivity index (χ1) is 17.2. The molecule has 4 fully saturated rings. The van der Waals surface area contributed by atoms with Crippen molar-refractivity contribution in [1.29, 1.82) is 0 Å². The summed E-state index contributed by atoms with van der Waals surface area (Å²) in [5, 5.41) is 19.6. The third kappa shape index (κ3) is 4.52. The van der Waals surface area contributed by atoms with Crippen LogP contribution in [0.5, 0.6) is 0 Å². The molecule has 1 aromatic carbocycles. The number of β-amino-alcohol motifs (C(OH)–C–C–N with tert-alkyl or cyclic N) is 2. The van der Waals surface area contributed by atoms with E-state index in [-0.39, 0.29) is 42.5 Å². The van der Waals surface area contributed by atoms with E-state index in [4.69, 9.17) is 0 Å². The van der Waals surface area contributed by atoms with Crippen molar-refractivity contribution >= 4 is 11.9 Å². The van der Waals surface area contributed by atoms with Crippen molar-refractivity contribution in [3.8, 4) is 0 Å². The number of urea groups is 1. The Balaban J connectivity index is 1.30. The van der Waals surface area contributed by atoms with Gasteiger partial charge in [-0.3, -0.25) is 9.69 Å². The Labute approximate surface area is 214 Å². The number of amides is 3. The van der Waals surface area contributed by atoms with E-state index in [0.29, 0.717) is 19.0 Å². The Morgan fingerprint density at radius 1 is 1.03 bits per heavy atom. The monoisotopic (exact) mass is 498 g/mol. The number of nitrogens with zero attached hydrogens (tertiary/aromatic N) is 4. The van der Waals surface area contributed by atoms with Gasteiger partial charge in [-0.25, -0.2) is 4.79 Å². The van der Waals surface area contributed by atoms with Crippen molar-refractivity contribution in [3.05, 3.63) is 35.9 Å². The number of hydrogen-bond acceptors (Lipinski definition) is 5. The highest BCUT2D eigenvalue weighted by Gasteiger charge is 2.54. The quantitative estimate of drug-likeness (QED) is 0.602. The molecule has 1 spiro atoms. The molecule has 36 heavy (non-hydrogen) atoms. The van der Waals surface area contributed by atoms with Gasteiger partial charge in [0.05, 0.1) is 17.7 Å². The fraction of sp³-hybridized carbons (Fsp3) is 0.714. The normalized spacial score (nSPS) is 33.1. The third-order valence-electron chi connectivity index (χ3n) is 9.61. The molecule has 2 saturated carbocycles. The van der Waals surface area contributed by atoms with Gasteiger partial charge in [0.1, 0.15) is 0 Å². The zero-order chi connectivity index (χ0) is 25.5. The van der Waals surface area contributed by atoms with E-state index in [0.717, 1.165) is 32.2 Å². The largest absolute Gasteiger partial charge is 0.388 e. The number of carbonyl (C=O) groups excluding carboxylic acids is 2. The van der Waals surface area contributed by atoms with Crippen molar-refractivity contribution in [2.45, 2.75) is 74.7 Å². The van der Waals surface area contributed by atoms with Gasteiger partial charge in [0, 0.05) is 44.7 Å². The molecule has 2 atom stereocenters. The number of carbonyl (C=O) groups is 2. The maximum absolute atomic E-state index is 13.7. The van der Waals surface area contributed by atoms with Crippen molar-refractivity contribution in [3.63, 3.8) is 0 Å². The Bertz CT molecular complexity index is 932. The van der Waals surface area contributed by atoms with Crippen LogP contribution in [0.1, 0.15) is 56.9 Å². The van der Waals surface area contributed by atoms with E-state index in [2.05, 4.69) is 54.2 Å². The standard InChI is InChI=1S/C28H42N4O4/c1-29(2)28(22-9-4-3-5-10-22)14-12-27(13-15-28)20-30(26(36)32(27)17-21-7-6-8-21)16-11-25(35)31-18-23(33)24(34)19-31/h3-5,9-10,21,23-24,33-34H,6-8,11-20H2,1-2H3/t23-,24+,27-,28+. The SMILES string of the molecule is CN(C)[C@]1(c2ccccc2)CC[C@]2(CC1)CN(CCC(=O)N1C[C@@H](O)[C@@H](O)C1)C(=O)N2CC1CCC1. The average Bonchev–Trinajstić information content (AvgIpc) is 3.31. The molecule has 0 aromatic heterocycles. The van der Waals surface area contributed by atoms with Crippen LogP contribution in [0, 0.1) is 5.92 Å². The van der Waals surface area contributed by atoms with Crippen LogP contribution < -0.4 is 0 Å². The minimum absolute atomic E-state index is 0.0293. The van der Waals surface area contributed by atoms with Gasteiger partial charge in [-0.2, -0.15) is 0 Å². The van der Waals surface area contributed by atoms with Crippen LogP contribution in [-0.2, 0) is 10.3 Å². The summed E-state index contributed by atoms with van der Waals surface area (Å²) in [6.07, 6.45) is 6.00. The summed E-state index contributed by atoms with van der Waals surface area (Å²) in [4.78, 5) is 34.4. The zero-order valence-corrected chi connectivity index (χ0v) is 21.8. The molecule has 0 bridgehead atoms. The lowest BCUT2D eigenvalue weighted by Crippen LogP contribution is -2.56. The second-order valence-corrected chi connectivity index (χ2v) is 11.8. The lowest BCUT2D eigenvalue weighted by atomic mass is 9.68. The fourth-order valence-electron chi connectivity index (χ4n) is 6.92. The minimum Gasteiger partial charge on any atom is -0.388 e. The molecule has 198 valence electrons. The third-order valence-corrected chi connectivity index (χ3v) is 9.61. The Kier molecular flexibility index (Phi) is 7.05. The smallest absolute Gasteiger partial charge is 0.320 e. The molecule has 2 N–H and O–H groups in total. The number of likely N-dealkylation sites (tertiary alicyclic amines) is 1. The topological polar surface area (TPSA) is 87.6 Å². The second kappa shape index (κ2) is 9.95. The molecule has 2 aliphatic carbocycles. The van der Waals surface area contributed by atoms with Crippen LogP contribution in [0.4, 0.5) is 4.79 Å². The van der Waals surface area contributed by atoms with Crippen LogP contribution in [0.2, 0.25) is 0 Å². The van der Waals surface area contributed by atoms with E-state index in [1.54, 1.807) is 0 Å². The Morgan fingerprint density at radius 3 is 2.22 bits per heavy atom. The van der Waals surface area contributed by atoms with Crippen LogP contribution in [-0.4, -0.2) is 106 Å². The summed E-state index contributed by atoms with van der Waals surface area (Å²) in [5.41, 5.74) is 1.14. The first kappa shape index (κ1) is 25.5. The molecule has 0 radical (unpaired) electrons. The maximum Gasteiger partial charge on any atom is 0.320 e. The van der Waals surface area contributed by atoms with Gasteiger partial charge < -0.3 is 24.9 Å². The molecule has 1 aromatic rings. The van der Waals surface area contributed by atoms with Gasteiger partial charge in [0.2, 0.25) is 5.91 Å². The lowest BCUT2D eigenvalue weighted by Gasteiger charge is -2.51. The van der Waals surface area contributed by atoms with Gasteiger partial charge in [-0.05, 0) is 64.1 Å². The molecule has 4 aliphatic rings. The van der Waals surface area contributed by atoms with E-state index >= 15 is 0 Å². The highest BCUT2D eigenvalue weighted by Crippen LogP contribution is 2.49. The molecule has 3 amide bonds. The first-order valence-electron chi connectivity index (χ1n) is 13.7. The molecule has 8 heteroatoms. The van der Waals surface area contributed by atoms with Gasteiger partial charge in [0.15, 0.2) is 0 Å². The second-order valence-electron chi connectivity index (χ2n) is 11.8. The Hall–Kier alpha value is -2.16. The van der Waals surface area contributed by atoms with Crippen LogP contribution in [0.3, 0.4) is 0 Å². The van der Waals surface area contributed by atoms with Crippen LogP contribution in [0.15, 0.2) is 30.3 Å².